The molecular weight excluding hydrogens is 236 g/mol. The fourth-order valence-electron chi connectivity index (χ4n) is 2.60. The van der Waals surface area contributed by atoms with Gasteiger partial charge in [0.05, 0.1) is 5.75 Å². The molecule has 0 aromatic carbocycles. The molecule has 0 aliphatic heterocycles. The Kier molecular flexibility index (Phi) is 5.17. The van der Waals surface area contributed by atoms with Crippen molar-refractivity contribution in [3.05, 3.63) is 0 Å². The molecule has 1 rings (SSSR count). The Morgan fingerprint density at radius 3 is 2.12 bits per heavy atom. The molecule has 0 radical (unpaired) electrons. The average Bonchev–Trinajstić information content (AvgIpc) is 2.25. The lowest BCUT2D eigenvalue weighted by atomic mass is 9.75. The van der Waals surface area contributed by atoms with Gasteiger partial charge in [-0.3, -0.25) is 4.79 Å². The monoisotopic (exact) mass is 260 g/mol. The molecule has 1 fully saturated rings. The summed E-state index contributed by atoms with van der Waals surface area (Å²) in [7, 11) is -3.00. The summed E-state index contributed by atoms with van der Waals surface area (Å²) in [5, 5.41) is 0. The highest BCUT2D eigenvalue weighted by Crippen LogP contribution is 2.34. The summed E-state index contributed by atoms with van der Waals surface area (Å²) < 4.78 is 22.0. The lowest BCUT2D eigenvalue weighted by molar-refractivity contribution is -0.123. The van der Waals surface area contributed by atoms with Crippen molar-refractivity contribution in [3.8, 4) is 0 Å². The standard InChI is InChI=1S/C13H24O3S/c1-10(2)11-4-6-12(7-5-11)13(14)8-9-17(3,15)16/h10-12H,4-9H2,1-3H3. The van der Waals surface area contributed by atoms with Crippen molar-refractivity contribution in [2.45, 2.75) is 46.0 Å². The molecule has 0 unspecified atom stereocenters. The van der Waals surface area contributed by atoms with Crippen LogP contribution in [0.2, 0.25) is 0 Å². The summed E-state index contributed by atoms with van der Waals surface area (Å²) in [5.74, 6) is 1.72. The Morgan fingerprint density at radius 2 is 1.71 bits per heavy atom. The van der Waals surface area contributed by atoms with Gasteiger partial charge in [-0.15, -0.1) is 0 Å². The van der Waals surface area contributed by atoms with Crippen LogP contribution >= 0.6 is 0 Å². The fourth-order valence-corrected chi connectivity index (χ4v) is 3.17. The minimum absolute atomic E-state index is 0.00986. The highest BCUT2D eigenvalue weighted by Gasteiger charge is 2.27. The van der Waals surface area contributed by atoms with E-state index in [-0.39, 0.29) is 23.9 Å². The van der Waals surface area contributed by atoms with Crippen molar-refractivity contribution in [2.75, 3.05) is 12.0 Å². The number of sulfone groups is 1. The van der Waals surface area contributed by atoms with Crippen LogP contribution in [0.25, 0.3) is 0 Å². The van der Waals surface area contributed by atoms with Gasteiger partial charge in [-0.2, -0.15) is 0 Å². The smallest absolute Gasteiger partial charge is 0.147 e. The summed E-state index contributed by atoms with van der Waals surface area (Å²) >= 11 is 0. The van der Waals surface area contributed by atoms with Crippen molar-refractivity contribution in [1.29, 1.82) is 0 Å². The highest BCUT2D eigenvalue weighted by molar-refractivity contribution is 7.90. The molecule has 0 aromatic heterocycles. The van der Waals surface area contributed by atoms with Crippen LogP contribution in [0.4, 0.5) is 0 Å². The van der Waals surface area contributed by atoms with Gasteiger partial charge in [0, 0.05) is 18.6 Å². The highest BCUT2D eigenvalue weighted by atomic mass is 32.2. The van der Waals surface area contributed by atoms with Crippen molar-refractivity contribution >= 4 is 15.6 Å². The Labute approximate surface area is 105 Å². The maximum Gasteiger partial charge on any atom is 0.147 e. The molecule has 0 bridgehead atoms. The van der Waals surface area contributed by atoms with Gasteiger partial charge < -0.3 is 0 Å². The largest absolute Gasteiger partial charge is 0.299 e. The molecule has 1 aliphatic rings. The van der Waals surface area contributed by atoms with E-state index in [0.29, 0.717) is 5.92 Å². The molecule has 0 N–H and O–H groups in total. The first kappa shape index (κ1) is 14.7. The second-order valence-corrected chi connectivity index (χ2v) is 7.96. The van der Waals surface area contributed by atoms with Crippen LogP contribution in [0.3, 0.4) is 0 Å². The third kappa shape index (κ3) is 5.19. The first-order chi connectivity index (χ1) is 7.79. The van der Waals surface area contributed by atoms with Crippen LogP contribution in [0.1, 0.15) is 46.0 Å². The molecule has 17 heavy (non-hydrogen) atoms. The average molecular weight is 260 g/mol. The van der Waals surface area contributed by atoms with Crippen molar-refractivity contribution in [1.82, 2.24) is 0 Å². The number of carbonyl (C=O) groups excluding carboxylic acids is 1. The van der Waals surface area contributed by atoms with Crippen LogP contribution in [0.5, 0.6) is 0 Å². The zero-order valence-electron chi connectivity index (χ0n) is 11.1. The van der Waals surface area contributed by atoms with E-state index < -0.39 is 9.84 Å². The molecule has 1 saturated carbocycles. The molecule has 0 aromatic rings. The van der Waals surface area contributed by atoms with Crippen molar-refractivity contribution in [2.24, 2.45) is 17.8 Å². The van der Waals surface area contributed by atoms with Gasteiger partial charge in [0.15, 0.2) is 0 Å². The molecule has 0 heterocycles. The Hall–Kier alpha value is -0.380. The minimum Gasteiger partial charge on any atom is -0.299 e. The van der Waals surface area contributed by atoms with E-state index in [4.69, 9.17) is 0 Å². The van der Waals surface area contributed by atoms with E-state index in [9.17, 15) is 13.2 Å². The summed E-state index contributed by atoms with van der Waals surface area (Å²) in [5.41, 5.74) is 0. The van der Waals surface area contributed by atoms with Gasteiger partial charge in [-0.1, -0.05) is 13.8 Å². The van der Waals surface area contributed by atoms with E-state index in [1.54, 1.807) is 0 Å². The first-order valence-electron chi connectivity index (χ1n) is 6.50. The Balaban J connectivity index is 2.36. The van der Waals surface area contributed by atoms with Gasteiger partial charge in [0.1, 0.15) is 15.6 Å². The van der Waals surface area contributed by atoms with Gasteiger partial charge in [-0.25, -0.2) is 8.42 Å². The fraction of sp³-hybridized carbons (Fsp3) is 0.923. The zero-order chi connectivity index (χ0) is 13.1. The van der Waals surface area contributed by atoms with Crippen LogP contribution in [-0.4, -0.2) is 26.2 Å². The number of ketones is 1. The normalized spacial score (nSPS) is 26.1. The summed E-state index contributed by atoms with van der Waals surface area (Å²) in [6.45, 7) is 4.47. The van der Waals surface area contributed by atoms with Crippen LogP contribution in [0, 0.1) is 17.8 Å². The zero-order valence-corrected chi connectivity index (χ0v) is 11.9. The molecule has 1 aliphatic carbocycles. The molecule has 0 atom stereocenters. The van der Waals surface area contributed by atoms with E-state index in [0.717, 1.165) is 31.6 Å². The molecule has 3 nitrogen and oxygen atoms in total. The lowest BCUT2D eigenvalue weighted by Crippen LogP contribution is -2.25. The van der Waals surface area contributed by atoms with Crippen LogP contribution in [-0.2, 0) is 14.6 Å². The number of rotatable bonds is 5. The Morgan fingerprint density at radius 1 is 1.18 bits per heavy atom. The Bertz CT molecular complexity index is 349. The number of carbonyl (C=O) groups is 1. The number of hydrogen-bond acceptors (Lipinski definition) is 3. The molecule has 0 amide bonds. The SMILES string of the molecule is CC(C)C1CCC(C(=O)CCS(C)(=O)=O)CC1. The van der Waals surface area contributed by atoms with Crippen LogP contribution < -0.4 is 0 Å². The third-order valence-corrected chi connectivity index (χ3v) is 4.83. The van der Waals surface area contributed by atoms with Crippen molar-refractivity contribution in [3.63, 3.8) is 0 Å². The third-order valence-electron chi connectivity index (χ3n) is 3.89. The van der Waals surface area contributed by atoms with Gasteiger partial charge in [0.2, 0.25) is 0 Å². The molecule has 0 saturated heterocycles. The number of hydrogen-bond donors (Lipinski definition) is 0. The molecule has 100 valence electrons. The van der Waals surface area contributed by atoms with Crippen molar-refractivity contribution < 1.29 is 13.2 Å². The predicted molar refractivity (Wildman–Crippen MR) is 69.6 cm³/mol. The van der Waals surface area contributed by atoms with Gasteiger partial charge >= 0.3 is 0 Å². The quantitative estimate of drug-likeness (QED) is 0.763. The first-order valence-corrected chi connectivity index (χ1v) is 8.56. The molecule has 4 heteroatoms. The topological polar surface area (TPSA) is 51.2 Å². The molecule has 0 spiro atoms. The van der Waals surface area contributed by atoms with Crippen LogP contribution in [0.15, 0.2) is 0 Å². The van der Waals surface area contributed by atoms with E-state index >= 15 is 0 Å². The summed E-state index contributed by atoms with van der Waals surface area (Å²) in [6.07, 6.45) is 5.53. The molecular formula is C13H24O3S. The van der Waals surface area contributed by atoms with Gasteiger partial charge in [-0.05, 0) is 37.5 Å². The maximum atomic E-state index is 11.9. The van der Waals surface area contributed by atoms with Gasteiger partial charge in [0.25, 0.3) is 0 Å². The number of Topliss-reactive ketones (excluding diaryl/α,β-unsaturated/α-hetero) is 1. The predicted octanol–water partition coefficient (Wildman–Crippen LogP) is 2.45. The summed E-state index contributed by atoms with van der Waals surface area (Å²) in [4.78, 5) is 11.9. The lowest BCUT2D eigenvalue weighted by Gasteiger charge is -2.30. The second-order valence-electron chi connectivity index (χ2n) is 5.70. The summed E-state index contributed by atoms with van der Waals surface area (Å²) in [6, 6.07) is 0. The van der Waals surface area contributed by atoms with E-state index in [2.05, 4.69) is 13.8 Å². The maximum absolute atomic E-state index is 11.9. The minimum atomic E-state index is -3.00. The van der Waals surface area contributed by atoms with E-state index in [1.165, 1.54) is 6.26 Å². The van der Waals surface area contributed by atoms with E-state index in [1.807, 2.05) is 0 Å². The second kappa shape index (κ2) is 5.98.